The van der Waals surface area contributed by atoms with Gasteiger partial charge in [-0.3, -0.25) is 4.79 Å². The van der Waals surface area contributed by atoms with E-state index in [1.165, 1.54) is 24.3 Å². The van der Waals surface area contributed by atoms with Gasteiger partial charge in [0.1, 0.15) is 23.7 Å². The fraction of sp³-hybridized carbons (Fsp3) is 0.500. The largest absolute Gasteiger partial charge is 0.394 e. The molecule has 5 atom stereocenters. The molecule has 1 aliphatic heterocycles. The Hall–Kier alpha value is -0.670. The van der Waals surface area contributed by atoms with E-state index in [1.54, 1.807) is 6.26 Å². The summed E-state index contributed by atoms with van der Waals surface area (Å²) in [5.41, 5.74) is -3.34. The van der Waals surface area contributed by atoms with Crippen molar-refractivity contribution in [3.8, 4) is 0 Å². The van der Waals surface area contributed by atoms with Gasteiger partial charge in [0.15, 0.2) is 5.60 Å². The van der Waals surface area contributed by atoms with Crippen LogP contribution in [0.15, 0.2) is 24.3 Å². The molecule has 4 N–H and O–H groups in total. The van der Waals surface area contributed by atoms with Gasteiger partial charge in [-0.05, 0) is 30.5 Å². The van der Waals surface area contributed by atoms with Crippen LogP contribution < -0.4 is 0 Å². The fourth-order valence-electron chi connectivity index (χ4n) is 2.41. The monoisotopic (exact) mass is 348 g/mol. The molecule has 1 aliphatic rings. The Morgan fingerprint density at radius 2 is 1.95 bits per heavy atom. The summed E-state index contributed by atoms with van der Waals surface area (Å²) in [4.78, 5) is 12.6. The topological polar surface area (TPSA) is 107 Å². The van der Waals surface area contributed by atoms with E-state index >= 15 is 0 Å². The Kier molecular flexibility index (Phi) is 5.50. The lowest BCUT2D eigenvalue weighted by Gasteiger charge is -2.46. The van der Waals surface area contributed by atoms with Crippen LogP contribution in [0.1, 0.15) is 10.4 Å². The van der Waals surface area contributed by atoms with Gasteiger partial charge in [0.25, 0.3) is 0 Å². The molecule has 1 aromatic carbocycles. The fourth-order valence-corrected chi connectivity index (χ4v) is 3.39. The summed E-state index contributed by atoms with van der Waals surface area (Å²) in [6.07, 6.45) is -2.87. The van der Waals surface area contributed by atoms with E-state index in [0.29, 0.717) is 5.02 Å². The third-order valence-electron chi connectivity index (χ3n) is 3.68. The number of benzene rings is 1. The number of ketones is 1. The third kappa shape index (κ3) is 2.90. The van der Waals surface area contributed by atoms with Crippen LogP contribution in [-0.4, -0.2) is 68.4 Å². The molecule has 122 valence electrons. The van der Waals surface area contributed by atoms with E-state index in [0.717, 1.165) is 11.8 Å². The highest BCUT2D eigenvalue weighted by molar-refractivity contribution is 7.99. The van der Waals surface area contributed by atoms with Crippen molar-refractivity contribution in [1.29, 1.82) is 0 Å². The van der Waals surface area contributed by atoms with Gasteiger partial charge < -0.3 is 25.2 Å². The molecule has 8 heteroatoms. The van der Waals surface area contributed by atoms with Crippen LogP contribution in [0.5, 0.6) is 0 Å². The number of ether oxygens (including phenoxy) is 1. The Balaban J connectivity index is 2.39. The van der Waals surface area contributed by atoms with Gasteiger partial charge >= 0.3 is 0 Å². The van der Waals surface area contributed by atoms with Crippen molar-refractivity contribution >= 4 is 29.1 Å². The van der Waals surface area contributed by atoms with Crippen LogP contribution in [0.4, 0.5) is 0 Å². The van der Waals surface area contributed by atoms with Gasteiger partial charge in [0.2, 0.25) is 5.78 Å². The lowest BCUT2D eigenvalue weighted by Crippen LogP contribution is -2.68. The number of halogens is 1. The maximum absolute atomic E-state index is 12.6. The molecule has 0 bridgehead atoms. The van der Waals surface area contributed by atoms with Crippen molar-refractivity contribution in [2.75, 3.05) is 12.9 Å². The molecule has 6 nitrogen and oxygen atoms in total. The molecule has 1 fully saturated rings. The minimum atomic E-state index is -2.33. The summed E-state index contributed by atoms with van der Waals surface area (Å²) >= 11 is 6.77. The molecule has 2 rings (SSSR count). The summed E-state index contributed by atoms with van der Waals surface area (Å²) in [5, 5.41) is 40.5. The molecule has 0 spiro atoms. The van der Waals surface area contributed by atoms with Crippen LogP contribution in [0.2, 0.25) is 5.02 Å². The van der Waals surface area contributed by atoms with Crippen LogP contribution in [0.3, 0.4) is 0 Å². The third-order valence-corrected chi connectivity index (χ3v) is 4.83. The average molecular weight is 349 g/mol. The maximum atomic E-state index is 12.6. The van der Waals surface area contributed by atoms with Crippen molar-refractivity contribution in [3.63, 3.8) is 0 Å². The Bertz CT molecular complexity index is 535. The SMILES string of the molecule is CS[C@@H]1O[C@H](CO)[C@H](O)[C@H](O)[C@]1(O)C(=O)c1ccc(Cl)cc1. The van der Waals surface area contributed by atoms with Crippen molar-refractivity contribution in [2.45, 2.75) is 29.3 Å². The second kappa shape index (κ2) is 6.84. The summed E-state index contributed by atoms with van der Waals surface area (Å²) in [6.45, 7) is -0.541. The molecular weight excluding hydrogens is 332 g/mol. The summed E-state index contributed by atoms with van der Waals surface area (Å²) in [6, 6.07) is 5.79. The zero-order valence-electron chi connectivity index (χ0n) is 11.7. The van der Waals surface area contributed by atoms with Crippen LogP contribution >= 0.6 is 23.4 Å². The number of hydrogen-bond donors (Lipinski definition) is 4. The van der Waals surface area contributed by atoms with Crippen LogP contribution in [0, 0.1) is 0 Å². The lowest BCUT2D eigenvalue weighted by atomic mass is 9.82. The normalized spacial score (nSPS) is 35.4. The number of aliphatic hydroxyl groups excluding tert-OH is 3. The summed E-state index contributed by atoms with van der Waals surface area (Å²) < 4.78 is 5.36. The quantitative estimate of drug-likeness (QED) is 0.570. The second-order valence-electron chi connectivity index (χ2n) is 5.02. The second-order valence-corrected chi connectivity index (χ2v) is 6.36. The van der Waals surface area contributed by atoms with Crippen molar-refractivity contribution in [1.82, 2.24) is 0 Å². The summed E-state index contributed by atoms with van der Waals surface area (Å²) in [5.74, 6) is -0.786. The number of Topliss-reactive ketones (excluding diaryl/α,β-unsaturated/α-hetero) is 1. The Labute approximate surface area is 136 Å². The first-order valence-electron chi connectivity index (χ1n) is 6.54. The first-order chi connectivity index (χ1) is 10.4. The van der Waals surface area contributed by atoms with Gasteiger partial charge in [-0.1, -0.05) is 11.6 Å². The zero-order valence-corrected chi connectivity index (χ0v) is 13.3. The highest BCUT2D eigenvalue weighted by Gasteiger charge is 2.58. The molecule has 0 saturated carbocycles. The molecule has 1 aromatic rings. The highest BCUT2D eigenvalue weighted by Crippen LogP contribution is 2.37. The van der Waals surface area contributed by atoms with E-state index in [2.05, 4.69) is 0 Å². The Morgan fingerprint density at radius 1 is 1.36 bits per heavy atom. The van der Waals surface area contributed by atoms with Gasteiger partial charge in [0, 0.05) is 10.6 Å². The predicted octanol–water partition coefficient (Wildman–Crippen LogP) is 0.0558. The lowest BCUT2D eigenvalue weighted by molar-refractivity contribution is -0.231. The average Bonchev–Trinajstić information content (AvgIpc) is 2.53. The van der Waals surface area contributed by atoms with Gasteiger partial charge in [-0.15, -0.1) is 11.8 Å². The minimum Gasteiger partial charge on any atom is -0.394 e. The standard InChI is InChI=1S/C14H17ClO6S/c1-22-13-14(20,12(19)10(17)9(6-16)21-13)11(18)7-2-4-8(15)5-3-7/h2-5,9-10,12-13,16-17,19-20H,6H2,1H3/t9-,10+,12+,13+,14-/m1/s1. The molecule has 22 heavy (non-hydrogen) atoms. The van der Waals surface area contributed by atoms with E-state index in [1.807, 2.05) is 0 Å². The number of carbonyl (C=O) groups excluding carboxylic acids is 1. The number of aliphatic hydroxyl groups is 4. The van der Waals surface area contributed by atoms with E-state index < -0.39 is 41.7 Å². The molecule has 0 amide bonds. The zero-order chi connectivity index (χ0) is 16.5. The van der Waals surface area contributed by atoms with Crippen molar-refractivity contribution < 1.29 is 30.0 Å². The molecule has 0 aliphatic carbocycles. The number of rotatable bonds is 4. The van der Waals surface area contributed by atoms with Gasteiger partial charge in [0.05, 0.1) is 6.61 Å². The Morgan fingerprint density at radius 3 is 2.45 bits per heavy atom. The molecule has 1 saturated heterocycles. The predicted molar refractivity (Wildman–Crippen MR) is 82.0 cm³/mol. The van der Waals surface area contributed by atoms with Gasteiger partial charge in [-0.2, -0.15) is 0 Å². The molecular formula is C14H17ClO6S. The first kappa shape index (κ1) is 17.7. The van der Waals surface area contributed by atoms with E-state index in [4.69, 9.17) is 21.4 Å². The number of thioether (sulfide) groups is 1. The van der Waals surface area contributed by atoms with E-state index in [-0.39, 0.29) is 5.56 Å². The molecule has 0 radical (unpaired) electrons. The van der Waals surface area contributed by atoms with E-state index in [9.17, 15) is 20.1 Å². The van der Waals surface area contributed by atoms with Crippen molar-refractivity contribution in [3.05, 3.63) is 34.9 Å². The molecule has 1 heterocycles. The maximum Gasteiger partial charge on any atom is 0.200 e. The molecule has 0 unspecified atom stereocenters. The summed E-state index contributed by atoms with van der Waals surface area (Å²) in [7, 11) is 0. The van der Waals surface area contributed by atoms with Crippen LogP contribution in [0.25, 0.3) is 0 Å². The smallest absolute Gasteiger partial charge is 0.200 e. The van der Waals surface area contributed by atoms with Crippen molar-refractivity contribution in [2.24, 2.45) is 0 Å². The molecule has 0 aromatic heterocycles. The number of carbonyl (C=O) groups is 1. The minimum absolute atomic E-state index is 0.128. The number of hydrogen-bond acceptors (Lipinski definition) is 7. The highest BCUT2D eigenvalue weighted by atomic mass is 35.5. The first-order valence-corrected chi connectivity index (χ1v) is 8.20. The van der Waals surface area contributed by atoms with Gasteiger partial charge in [-0.25, -0.2) is 0 Å². The van der Waals surface area contributed by atoms with Crippen LogP contribution in [-0.2, 0) is 4.74 Å².